The Balaban J connectivity index is 1.91. The molecule has 0 saturated carbocycles. The third-order valence-corrected chi connectivity index (χ3v) is 3.26. The SMILES string of the molecule is O=C(COC(=O)COc1ccccc1)Nc1ccc(C(F)(F)F)cc1[N+](=O)[O-]. The average Bonchev–Trinajstić information content (AvgIpc) is 2.64. The largest absolute Gasteiger partial charge is 0.482 e. The molecule has 2 aromatic carbocycles. The number of ether oxygens (including phenoxy) is 2. The maximum Gasteiger partial charge on any atom is 0.416 e. The van der Waals surface area contributed by atoms with E-state index in [0.29, 0.717) is 17.9 Å². The third kappa shape index (κ3) is 5.97. The molecule has 0 fully saturated rings. The standard InChI is InChI=1S/C17H13F3N2O6/c18-17(19,20)11-6-7-13(14(8-11)22(25)26)21-15(23)9-28-16(24)10-27-12-4-2-1-3-5-12/h1-8H,9-10H2,(H,21,23). The number of anilines is 1. The van der Waals surface area contributed by atoms with E-state index in [0.717, 1.165) is 6.07 Å². The molecule has 0 aliphatic heterocycles. The minimum absolute atomic E-state index is 0.301. The summed E-state index contributed by atoms with van der Waals surface area (Å²) in [5.74, 6) is -1.43. The molecule has 0 atom stereocenters. The Morgan fingerprint density at radius 2 is 1.75 bits per heavy atom. The average molecular weight is 398 g/mol. The fraction of sp³-hybridized carbons (Fsp3) is 0.176. The first-order chi connectivity index (χ1) is 13.2. The number of carbonyl (C=O) groups excluding carboxylic acids is 2. The van der Waals surface area contributed by atoms with Crippen LogP contribution < -0.4 is 10.1 Å². The zero-order valence-electron chi connectivity index (χ0n) is 14.1. The van der Waals surface area contributed by atoms with E-state index in [9.17, 15) is 32.9 Å². The van der Waals surface area contributed by atoms with Crippen LogP contribution in [-0.2, 0) is 20.5 Å². The van der Waals surface area contributed by atoms with Gasteiger partial charge in [0.1, 0.15) is 11.4 Å². The number of hydrogen-bond donors (Lipinski definition) is 1. The lowest BCUT2D eigenvalue weighted by atomic mass is 10.1. The molecular formula is C17H13F3N2O6. The minimum atomic E-state index is -4.78. The summed E-state index contributed by atoms with van der Waals surface area (Å²) in [6.07, 6.45) is -4.78. The van der Waals surface area contributed by atoms with E-state index in [1.165, 1.54) is 0 Å². The van der Waals surface area contributed by atoms with Gasteiger partial charge >= 0.3 is 12.1 Å². The number of amides is 1. The van der Waals surface area contributed by atoms with E-state index < -0.39 is 53.1 Å². The maximum atomic E-state index is 12.7. The van der Waals surface area contributed by atoms with Crippen LogP contribution in [0.2, 0.25) is 0 Å². The molecular weight excluding hydrogens is 385 g/mol. The van der Waals surface area contributed by atoms with Crippen molar-refractivity contribution in [1.29, 1.82) is 0 Å². The van der Waals surface area contributed by atoms with Gasteiger partial charge in [-0.05, 0) is 24.3 Å². The Hall–Kier alpha value is -3.63. The van der Waals surface area contributed by atoms with Crippen molar-refractivity contribution in [1.82, 2.24) is 0 Å². The number of nitrogens with zero attached hydrogens (tertiary/aromatic N) is 1. The van der Waals surface area contributed by atoms with Crippen molar-refractivity contribution in [2.75, 3.05) is 18.5 Å². The number of nitro benzene ring substituents is 1. The Labute approximate surface area is 156 Å². The van der Waals surface area contributed by atoms with Gasteiger partial charge in [-0.2, -0.15) is 13.2 Å². The van der Waals surface area contributed by atoms with Gasteiger partial charge in [-0.1, -0.05) is 18.2 Å². The van der Waals surface area contributed by atoms with Gasteiger partial charge in [0.15, 0.2) is 13.2 Å². The summed E-state index contributed by atoms with van der Waals surface area (Å²) in [5.41, 5.74) is -2.64. The smallest absolute Gasteiger partial charge is 0.416 e. The minimum Gasteiger partial charge on any atom is -0.482 e. The van der Waals surface area contributed by atoms with Gasteiger partial charge < -0.3 is 14.8 Å². The van der Waals surface area contributed by atoms with Gasteiger partial charge in [-0.25, -0.2) is 4.79 Å². The number of rotatable bonds is 7. The fourth-order valence-electron chi connectivity index (χ4n) is 2.00. The van der Waals surface area contributed by atoms with Crippen LogP contribution in [0.5, 0.6) is 5.75 Å². The molecule has 1 amide bonds. The zero-order valence-corrected chi connectivity index (χ0v) is 14.1. The lowest BCUT2D eigenvalue weighted by Crippen LogP contribution is -2.24. The quantitative estimate of drug-likeness (QED) is 0.436. The number of benzene rings is 2. The second-order valence-corrected chi connectivity index (χ2v) is 5.30. The van der Waals surface area contributed by atoms with Gasteiger partial charge in [-0.15, -0.1) is 0 Å². The molecule has 0 saturated heterocycles. The lowest BCUT2D eigenvalue weighted by Gasteiger charge is -2.10. The van der Waals surface area contributed by atoms with E-state index >= 15 is 0 Å². The number of nitrogens with one attached hydrogen (secondary N) is 1. The molecule has 0 spiro atoms. The van der Waals surface area contributed by atoms with E-state index in [4.69, 9.17) is 4.74 Å². The molecule has 148 valence electrons. The first-order valence-corrected chi connectivity index (χ1v) is 7.66. The Bertz CT molecular complexity index is 871. The number of alkyl halides is 3. The molecule has 0 heterocycles. The lowest BCUT2D eigenvalue weighted by molar-refractivity contribution is -0.384. The van der Waals surface area contributed by atoms with Crippen LogP contribution >= 0.6 is 0 Å². The zero-order chi connectivity index (χ0) is 20.7. The van der Waals surface area contributed by atoms with Crippen molar-refractivity contribution in [3.8, 4) is 5.75 Å². The molecule has 8 nitrogen and oxygen atoms in total. The number of esters is 1. The summed E-state index contributed by atoms with van der Waals surface area (Å²) in [6.45, 7) is -1.27. The summed E-state index contributed by atoms with van der Waals surface area (Å²) in [5, 5.41) is 13.0. The number of carbonyl (C=O) groups is 2. The van der Waals surface area contributed by atoms with Gasteiger partial charge in [0.25, 0.3) is 11.6 Å². The van der Waals surface area contributed by atoms with Crippen LogP contribution in [0.15, 0.2) is 48.5 Å². The molecule has 0 aromatic heterocycles. The maximum absolute atomic E-state index is 12.7. The van der Waals surface area contributed by atoms with E-state index in [-0.39, 0.29) is 0 Å². The molecule has 11 heteroatoms. The van der Waals surface area contributed by atoms with Crippen LogP contribution in [0.25, 0.3) is 0 Å². The molecule has 1 N–H and O–H groups in total. The van der Waals surface area contributed by atoms with Crippen LogP contribution in [0.4, 0.5) is 24.5 Å². The topological polar surface area (TPSA) is 108 Å². The van der Waals surface area contributed by atoms with Crippen molar-refractivity contribution in [2.45, 2.75) is 6.18 Å². The summed E-state index contributed by atoms with van der Waals surface area (Å²) in [4.78, 5) is 33.2. The molecule has 2 rings (SSSR count). The number of halogens is 3. The Morgan fingerprint density at radius 3 is 2.36 bits per heavy atom. The molecule has 0 bridgehead atoms. The highest BCUT2D eigenvalue weighted by molar-refractivity contribution is 5.95. The van der Waals surface area contributed by atoms with Crippen molar-refractivity contribution >= 4 is 23.3 Å². The van der Waals surface area contributed by atoms with Crippen molar-refractivity contribution in [3.05, 3.63) is 64.2 Å². The predicted octanol–water partition coefficient (Wildman–Crippen LogP) is 3.17. The number of para-hydroxylation sites is 1. The number of hydrogen-bond acceptors (Lipinski definition) is 6. The second-order valence-electron chi connectivity index (χ2n) is 5.30. The summed E-state index contributed by atoms with van der Waals surface area (Å²) in [7, 11) is 0. The molecule has 0 radical (unpaired) electrons. The fourth-order valence-corrected chi connectivity index (χ4v) is 2.00. The van der Waals surface area contributed by atoms with E-state index in [1.54, 1.807) is 30.3 Å². The highest BCUT2D eigenvalue weighted by Gasteiger charge is 2.33. The van der Waals surface area contributed by atoms with Crippen LogP contribution in [0.1, 0.15) is 5.56 Å². The molecule has 0 unspecified atom stereocenters. The normalized spacial score (nSPS) is 10.8. The van der Waals surface area contributed by atoms with Crippen LogP contribution in [-0.4, -0.2) is 30.0 Å². The number of nitro groups is 1. The monoisotopic (exact) mass is 398 g/mol. The van der Waals surface area contributed by atoms with Gasteiger partial charge in [0, 0.05) is 6.07 Å². The first-order valence-electron chi connectivity index (χ1n) is 7.66. The molecule has 28 heavy (non-hydrogen) atoms. The van der Waals surface area contributed by atoms with Crippen molar-refractivity contribution in [3.63, 3.8) is 0 Å². The van der Waals surface area contributed by atoms with E-state index in [1.807, 2.05) is 5.32 Å². The summed E-state index contributed by atoms with van der Waals surface area (Å²) in [6, 6.07) is 9.95. The third-order valence-electron chi connectivity index (χ3n) is 3.26. The van der Waals surface area contributed by atoms with Gasteiger partial charge in [0.2, 0.25) is 0 Å². The van der Waals surface area contributed by atoms with E-state index in [2.05, 4.69) is 4.74 Å². The highest BCUT2D eigenvalue weighted by Crippen LogP contribution is 2.34. The second kappa shape index (κ2) is 8.84. The molecule has 2 aromatic rings. The predicted molar refractivity (Wildman–Crippen MR) is 89.6 cm³/mol. The Kier molecular flexibility index (Phi) is 6.53. The summed E-state index contributed by atoms with van der Waals surface area (Å²) < 4.78 is 47.7. The highest BCUT2D eigenvalue weighted by atomic mass is 19.4. The van der Waals surface area contributed by atoms with Crippen molar-refractivity contribution in [2.24, 2.45) is 0 Å². The van der Waals surface area contributed by atoms with Crippen LogP contribution in [0, 0.1) is 10.1 Å². The first kappa shape index (κ1) is 20.7. The van der Waals surface area contributed by atoms with Crippen molar-refractivity contribution < 1.29 is 37.2 Å². The Morgan fingerprint density at radius 1 is 1.07 bits per heavy atom. The van der Waals surface area contributed by atoms with Crippen LogP contribution in [0.3, 0.4) is 0 Å². The van der Waals surface area contributed by atoms with Gasteiger partial charge in [0.05, 0.1) is 10.5 Å². The summed E-state index contributed by atoms with van der Waals surface area (Å²) >= 11 is 0. The van der Waals surface area contributed by atoms with Gasteiger partial charge in [-0.3, -0.25) is 14.9 Å². The molecule has 0 aliphatic carbocycles. The molecule has 0 aliphatic rings.